The van der Waals surface area contributed by atoms with Crippen LogP contribution in [0.5, 0.6) is 5.75 Å². The second kappa shape index (κ2) is 5.44. The first-order valence-corrected chi connectivity index (χ1v) is 7.40. The van der Waals surface area contributed by atoms with Crippen LogP contribution in [0.3, 0.4) is 0 Å². The van der Waals surface area contributed by atoms with Crippen LogP contribution in [-0.2, 0) is 6.42 Å². The van der Waals surface area contributed by atoms with Gasteiger partial charge in [-0.3, -0.25) is 0 Å². The van der Waals surface area contributed by atoms with E-state index in [1.54, 1.807) is 0 Å². The zero-order chi connectivity index (χ0) is 14.0. The number of rotatable bonds is 3. The summed E-state index contributed by atoms with van der Waals surface area (Å²) in [5, 5.41) is 22.8. The summed E-state index contributed by atoms with van der Waals surface area (Å²) in [6, 6.07) is 5.81. The summed E-state index contributed by atoms with van der Waals surface area (Å²) in [6.45, 7) is 0.356. The van der Waals surface area contributed by atoms with Gasteiger partial charge in [-0.25, -0.2) is 0 Å². The average molecular weight is 275 g/mol. The molecular formula is C16H21NO3. The van der Waals surface area contributed by atoms with Crippen molar-refractivity contribution in [3.63, 3.8) is 0 Å². The highest BCUT2D eigenvalue weighted by atomic mass is 16.5. The second-order valence-corrected chi connectivity index (χ2v) is 5.90. The fourth-order valence-electron chi connectivity index (χ4n) is 3.28. The van der Waals surface area contributed by atoms with E-state index in [9.17, 15) is 5.11 Å². The predicted octanol–water partition coefficient (Wildman–Crippen LogP) is 2.89. The van der Waals surface area contributed by atoms with Gasteiger partial charge in [0, 0.05) is 11.1 Å². The van der Waals surface area contributed by atoms with E-state index in [0.29, 0.717) is 6.61 Å². The van der Waals surface area contributed by atoms with Gasteiger partial charge < -0.3 is 15.1 Å². The summed E-state index contributed by atoms with van der Waals surface area (Å²) < 4.78 is 5.90. The molecule has 20 heavy (non-hydrogen) atoms. The maximum Gasteiger partial charge on any atom is 0.123 e. The van der Waals surface area contributed by atoms with Crippen molar-refractivity contribution >= 4 is 5.71 Å². The van der Waals surface area contributed by atoms with Crippen LogP contribution in [0, 0.1) is 0 Å². The molecule has 0 amide bonds. The van der Waals surface area contributed by atoms with Crippen molar-refractivity contribution in [1.82, 2.24) is 0 Å². The summed E-state index contributed by atoms with van der Waals surface area (Å²) in [7, 11) is 0. The van der Waals surface area contributed by atoms with Crippen molar-refractivity contribution in [3.8, 4) is 5.75 Å². The molecule has 2 aliphatic rings. The lowest BCUT2D eigenvalue weighted by Crippen LogP contribution is -2.38. The van der Waals surface area contributed by atoms with Crippen molar-refractivity contribution in [2.45, 2.75) is 50.5 Å². The maximum absolute atomic E-state index is 10.5. The Morgan fingerprint density at radius 3 is 2.70 bits per heavy atom. The van der Waals surface area contributed by atoms with Crippen LogP contribution >= 0.6 is 0 Å². The van der Waals surface area contributed by atoms with Crippen molar-refractivity contribution in [2.24, 2.45) is 5.16 Å². The number of fused-ring (bicyclic) bond motifs is 1. The van der Waals surface area contributed by atoms with Crippen LogP contribution in [0.2, 0.25) is 0 Å². The Hall–Kier alpha value is -1.55. The van der Waals surface area contributed by atoms with Crippen molar-refractivity contribution in [2.75, 3.05) is 6.61 Å². The fourth-order valence-corrected chi connectivity index (χ4v) is 3.28. The first-order chi connectivity index (χ1) is 9.72. The standard InChI is InChI=1S/C16H21NO3/c18-16(9-2-1-3-10-16)11-20-15-6-4-5-12-13(15)7-8-14(12)17-19/h4-6,18-19H,1-3,7-11H2. The first-order valence-electron chi connectivity index (χ1n) is 7.40. The quantitative estimate of drug-likeness (QED) is 0.658. The van der Waals surface area contributed by atoms with Gasteiger partial charge in [-0.2, -0.15) is 0 Å². The molecule has 0 aliphatic heterocycles. The third-order valence-electron chi connectivity index (χ3n) is 4.46. The number of aliphatic hydroxyl groups is 1. The van der Waals surface area contributed by atoms with Gasteiger partial charge in [-0.15, -0.1) is 0 Å². The highest BCUT2D eigenvalue weighted by molar-refractivity contribution is 6.04. The van der Waals surface area contributed by atoms with Crippen LogP contribution < -0.4 is 4.74 Å². The Balaban J connectivity index is 1.74. The summed E-state index contributed by atoms with van der Waals surface area (Å²) in [4.78, 5) is 0. The highest BCUT2D eigenvalue weighted by Gasteiger charge is 2.31. The van der Waals surface area contributed by atoms with E-state index in [1.165, 1.54) is 6.42 Å². The molecule has 0 atom stereocenters. The number of nitrogens with zero attached hydrogens (tertiary/aromatic N) is 1. The summed E-state index contributed by atoms with van der Waals surface area (Å²) in [5.74, 6) is 0.820. The van der Waals surface area contributed by atoms with E-state index in [-0.39, 0.29) is 0 Å². The third kappa shape index (κ3) is 2.52. The molecule has 0 radical (unpaired) electrons. The Morgan fingerprint density at radius 2 is 1.95 bits per heavy atom. The minimum absolute atomic E-state index is 0.356. The molecule has 1 aromatic rings. The number of benzene rings is 1. The van der Waals surface area contributed by atoms with Crippen LogP contribution in [0.15, 0.2) is 23.4 Å². The molecular weight excluding hydrogens is 254 g/mol. The van der Waals surface area contributed by atoms with Gasteiger partial charge in [0.05, 0.1) is 11.3 Å². The number of hydrogen-bond donors (Lipinski definition) is 2. The molecule has 0 spiro atoms. The monoisotopic (exact) mass is 275 g/mol. The lowest BCUT2D eigenvalue weighted by Gasteiger charge is -2.32. The van der Waals surface area contributed by atoms with Crippen molar-refractivity contribution in [3.05, 3.63) is 29.3 Å². The van der Waals surface area contributed by atoms with Crippen LogP contribution in [0.1, 0.15) is 49.7 Å². The summed E-state index contributed by atoms with van der Waals surface area (Å²) in [5.41, 5.74) is 2.12. The molecule has 0 unspecified atom stereocenters. The predicted molar refractivity (Wildman–Crippen MR) is 76.6 cm³/mol. The third-order valence-corrected chi connectivity index (χ3v) is 4.46. The van der Waals surface area contributed by atoms with E-state index in [4.69, 9.17) is 9.94 Å². The molecule has 2 N–H and O–H groups in total. The zero-order valence-corrected chi connectivity index (χ0v) is 11.6. The molecule has 4 heteroatoms. The molecule has 2 aliphatic carbocycles. The first kappa shape index (κ1) is 13.4. The maximum atomic E-state index is 10.5. The highest BCUT2D eigenvalue weighted by Crippen LogP contribution is 2.33. The van der Waals surface area contributed by atoms with Crippen molar-refractivity contribution in [1.29, 1.82) is 0 Å². The van der Waals surface area contributed by atoms with Gasteiger partial charge in [0.15, 0.2) is 0 Å². The average Bonchev–Trinajstić information content (AvgIpc) is 2.89. The normalized spacial score (nSPS) is 22.8. The van der Waals surface area contributed by atoms with E-state index >= 15 is 0 Å². The largest absolute Gasteiger partial charge is 0.490 e. The lowest BCUT2D eigenvalue weighted by atomic mass is 9.85. The smallest absolute Gasteiger partial charge is 0.123 e. The van der Waals surface area contributed by atoms with E-state index in [0.717, 1.165) is 61.1 Å². The molecule has 1 fully saturated rings. The number of oxime groups is 1. The molecule has 0 saturated heterocycles. The molecule has 0 heterocycles. The number of ether oxygens (including phenoxy) is 1. The molecule has 3 rings (SSSR count). The van der Waals surface area contributed by atoms with E-state index in [2.05, 4.69) is 5.16 Å². The van der Waals surface area contributed by atoms with Crippen LogP contribution in [-0.4, -0.2) is 28.2 Å². The van der Waals surface area contributed by atoms with Gasteiger partial charge in [0.2, 0.25) is 0 Å². The van der Waals surface area contributed by atoms with Gasteiger partial charge in [0.25, 0.3) is 0 Å². The Kier molecular flexibility index (Phi) is 3.66. The second-order valence-electron chi connectivity index (χ2n) is 5.90. The summed E-state index contributed by atoms with van der Waals surface area (Å²) >= 11 is 0. The molecule has 1 saturated carbocycles. The zero-order valence-electron chi connectivity index (χ0n) is 11.6. The van der Waals surface area contributed by atoms with E-state index in [1.807, 2.05) is 18.2 Å². The van der Waals surface area contributed by atoms with Gasteiger partial charge in [0.1, 0.15) is 12.4 Å². The van der Waals surface area contributed by atoms with Crippen LogP contribution in [0.4, 0.5) is 0 Å². The minimum Gasteiger partial charge on any atom is -0.490 e. The van der Waals surface area contributed by atoms with Gasteiger partial charge in [-0.1, -0.05) is 36.6 Å². The molecule has 108 valence electrons. The summed E-state index contributed by atoms with van der Waals surface area (Å²) in [6.07, 6.45) is 6.60. The Bertz CT molecular complexity index is 518. The van der Waals surface area contributed by atoms with Crippen molar-refractivity contribution < 1.29 is 15.1 Å². The van der Waals surface area contributed by atoms with Gasteiger partial charge in [-0.05, 0) is 31.7 Å². The van der Waals surface area contributed by atoms with Crippen LogP contribution in [0.25, 0.3) is 0 Å². The SMILES string of the molecule is ON=C1CCc2c(OCC3(O)CCCCC3)cccc21. The number of hydrogen-bond acceptors (Lipinski definition) is 4. The molecule has 4 nitrogen and oxygen atoms in total. The molecule has 0 bridgehead atoms. The molecule has 0 aromatic heterocycles. The fraction of sp³-hybridized carbons (Fsp3) is 0.562. The lowest BCUT2D eigenvalue weighted by molar-refractivity contribution is -0.0340. The minimum atomic E-state index is -0.673. The van der Waals surface area contributed by atoms with Gasteiger partial charge >= 0.3 is 0 Å². The Morgan fingerprint density at radius 1 is 1.15 bits per heavy atom. The molecule has 1 aromatic carbocycles. The topological polar surface area (TPSA) is 62.1 Å². The Labute approximate surface area is 119 Å². The van der Waals surface area contributed by atoms with E-state index < -0.39 is 5.60 Å².